The number of aryl methyl sites for hydroxylation is 1. The van der Waals surface area contributed by atoms with Gasteiger partial charge in [0.25, 0.3) is 0 Å². The minimum Gasteiger partial charge on any atom is -0.339 e. The Kier molecular flexibility index (Phi) is 5.79. The van der Waals surface area contributed by atoms with Gasteiger partial charge in [0.1, 0.15) is 5.69 Å². The Labute approximate surface area is 176 Å². The van der Waals surface area contributed by atoms with Crippen molar-refractivity contribution in [1.82, 2.24) is 20.0 Å². The first kappa shape index (κ1) is 20.1. The molecule has 0 atom stereocenters. The molecule has 0 spiro atoms. The van der Waals surface area contributed by atoms with Gasteiger partial charge in [-0.05, 0) is 48.9 Å². The van der Waals surface area contributed by atoms with Gasteiger partial charge in [0.2, 0.25) is 11.7 Å². The van der Waals surface area contributed by atoms with Crippen LogP contribution in [0.3, 0.4) is 0 Å². The summed E-state index contributed by atoms with van der Waals surface area (Å²) in [6, 6.07) is 11.7. The zero-order chi connectivity index (χ0) is 21.1. The molecule has 1 aromatic carbocycles. The van der Waals surface area contributed by atoms with E-state index in [-0.39, 0.29) is 11.9 Å². The van der Waals surface area contributed by atoms with Crippen LogP contribution in [0.2, 0.25) is 0 Å². The number of hydrogen-bond donors (Lipinski definition) is 1. The molecular formula is C23H27N5O2. The van der Waals surface area contributed by atoms with E-state index >= 15 is 0 Å². The number of amides is 2. The molecule has 1 saturated heterocycles. The monoisotopic (exact) mass is 405 g/mol. The number of para-hydroxylation sites is 1. The Morgan fingerprint density at radius 3 is 2.67 bits per heavy atom. The van der Waals surface area contributed by atoms with E-state index in [1.165, 1.54) is 0 Å². The van der Waals surface area contributed by atoms with Gasteiger partial charge in [-0.1, -0.05) is 43.3 Å². The van der Waals surface area contributed by atoms with Gasteiger partial charge in [-0.2, -0.15) is 4.98 Å². The second-order valence-corrected chi connectivity index (χ2v) is 8.06. The van der Waals surface area contributed by atoms with Gasteiger partial charge in [0.05, 0.1) is 0 Å². The zero-order valence-electron chi connectivity index (χ0n) is 17.6. The molecule has 2 aromatic heterocycles. The molecule has 7 nitrogen and oxygen atoms in total. The Morgan fingerprint density at radius 1 is 1.17 bits per heavy atom. The first-order valence-electron chi connectivity index (χ1n) is 10.4. The Balaban J connectivity index is 1.38. The van der Waals surface area contributed by atoms with Crippen molar-refractivity contribution in [3.63, 3.8) is 0 Å². The molecule has 2 amide bonds. The molecule has 30 heavy (non-hydrogen) atoms. The highest BCUT2D eigenvalue weighted by Gasteiger charge is 2.28. The molecule has 0 aliphatic carbocycles. The van der Waals surface area contributed by atoms with Crippen LogP contribution in [-0.2, 0) is 0 Å². The number of piperidine rings is 1. The molecule has 0 bridgehead atoms. The van der Waals surface area contributed by atoms with E-state index in [2.05, 4.69) is 40.4 Å². The standard InChI is InChI=1S/C23H27N5O2/c1-15(2)18-8-6-7-16(3)20(18)25-23(29)28-13-10-17(11-14-28)22-26-21(27-30-22)19-9-4-5-12-24-19/h4-9,12,15,17H,10-11,13-14H2,1-3H3,(H,25,29). The fourth-order valence-electron chi connectivity index (χ4n) is 3.86. The molecular weight excluding hydrogens is 378 g/mol. The molecule has 4 rings (SSSR count). The van der Waals surface area contributed by atoms with E-state index in [0.717, 1.165) is 29.7 Å². The Bertz CT molecular complexity index is 1010. The average molecular weight is 406 g/mol. The van der Waals surface area contributed by atoms with Gasteiger partial charge in [-0.25, -0.2) is 4.79 Å². The van der Waals surface area contributed by atoms with E-state index in [9.17, 15) is 4.79 Å². The number of anilines is 1. The highest BCUT2D eigenvalue weighted by Crippen LogP contribution is 2.30. The lowest BCUT2D eigenvalue weighted by molar-refractivity contribution is 0.187. The molecule has 3 aromatic rings. The van der Waals surface area contributed by atoms with Crippen LogP contribution in [0.15, 0.2) is 47.1 Å². The summed E-state index contributed by atoms with van der Waals surface area (Å²) in [4.78, 5) is 23.5. The van der Waals surface area contributed by atoms with Crippen molar-refractivity contribution in [2.45, 2.75) is 45.4 Å². The first-order chi connectivity index (χ1) is 14.5. The largest absolute Gasteiger partial charge is 0.339 e. The number of carbonyl (C=O) groups is 1. The molecule has 1 aliphatic heterocycles. The maximum Gasteiger partial charge on any atom is 0.321 e. The van der Waals surface area contributed by atoms with Gasteiger partial charge in [-0.3, -0.25) is 4.98 Å². The number of urea groups is 1. The van der Waals surface area contributed by atoms with E-state index < -0.39 is 0 Å². The van der Waals surface area contributed by atoms with Crippen LogP contribution < -0.4 is 5.32 Å². The minimum absolute atomic E-state index is 0.0515. The number of benzene rings is 1. The molecule has 1 fully saturated rings. The first-order valence-corrected chi connectivity index (χ1v) is 10.4. The highest BCUT2D eigenvalue weighted by atomic mass is 16.5. The van der Waals surface area contributed by atoms with Crippen molar-refractivity contribution < 1.29 is 9.32 Å². The summed E-state index contributed by atoms with van der Waals surface area (Å²) in [5.41, 5.74) is 3.86. The van der Waals surface area contributed by atoms with Gasteiger partial charge in [-0.15, -0.1) is 0 Å². The molecule has 7 heteroatoms. The quantitative estimate of drug-likeness (QED) is 0.662. The number of rotatable bonds is 4. The third-order valence-corrected chi connectivity index (χ3v) is 5.63. The molecule has 3 heterocycles. The van der Waals surface area contributed by atoms with Crippen LogP contribution in [0.5, 0.6) is 0 Å². The summed E-state index contributed by atoms with van der Waals surface area (Å²) < 4.78 is 5.49. The lowest BCUT2D eigenvalue weighted by atomic mass is 9.96. The third-order valence-electron chi connectivity index (χ3n) is 5.63. The smallest absolute Gasteiger partial charge is 0.321 e. The van der Waals surface area contributed by atoms with E-state index in [1.807, 2.05) is 42.2 Å². The van der Waals surface area contributed by atoms with Crippen molar-refractivity contribution in [2.24, 2.45) is 0 Å². The number of carbonyl (C=O) groups excluding carboxylic acids is 1. The number of nitrogens with zero attached hydrogens (tertiary/aromatic N) is 4. The number of likely N-dealkylation sites (tertiary alicyclic amines) is 1. The fraction of sp³-hybridized carbons (Fsp3) is 0.391. The van der Waals surface area contributed by atoms with Crippen LogP contribution in [0, 0.1) is 6.92 Å². The normalized spacial score (nSPS) is 14.9. The second kappa shape index (κ2) is 8.65. The topological polar surface area (TPSA) is 84.2 Å². The van der Waals surface area contributed by atoms with Crippen molar-refractivity contribution in [1.29, 1.82) is 0 Å². The molecule has 156 valence electrons. The summed E-state index contributed by atoms with van der Waals surface area (Å²) in [5, 5.41) is 7.20. The van der Waals surface area contributed by atoms with Crippen LogP contribution in [-0.4, -0.2) is 39.1 Å². The predicted molar refractivity (Wildman–Crippen MR) is 115 cm³/mol. The number of pyridine rings is 1. The van der Waals surface area contributed by atoms with Crippen molar-refractivity contribution in [2.75, 3.05) is 18.4 Å². The minimum atomic E-state index is -0.0515. The van der Waals surface area contributed by atoms with Gasteiger partial charge in [0.15, 0.2) is 0 Å². The maximum atomic E-state index is 12.9. The molecule has 0 unspecified atom stereocenters. The zero-order valence-corrected chi connectivity index (χ0v) is 17.6. The van der Waals surface area contributed by atoms with Crippen molar-refractivity contribution >= 4 is 11.7 Å². The average Bonchev–Trinajstić information content (AvgIpc) is 3.26. The Morgan fingerprint density at radius 2 is 1.97 bits per heavy atom. The fourth-order valence-corrected chi connectivity index (χ4v) is 3.86. The van der Waals surface area contributed by atoms with Crippen LogP contribution in [0.4, 0.5) is 10.5 Å². The van der Waals surface area contributed by atoms with Crippen molar-refractivity contribution in [3.8, 4) is 11.5 Å². The number of nitrogens with one attached hydrogen (secondary N) is 1. The number of hydrogen-bond acceptors (Lipinski definition) is 5. The molecule has 0 saturated carbocycles. The lowest BCUT2D eigenvalue weighted by Gasteiger charge is -2.31. The van der Waals surface area contributed by atoms with E-state index in [4.69, 9.17) is 4.52 Å². The SMILES string of the molecule is Cc1cccc(C(C)C)c1NC(=O)N1CCC(c2nc(-c3ccccn3)no2)CC1. The molecule has 1 aliphatic rings. The van der Waals surface area contributed by atoms with E-state index in [0.29, 0.717) is 36.4 Å². The van der Waals surface area contributed by atoms with Crippen LogP contribution >= 0.6 is 0 Å². The van der Waals surface area contributed by atoms with Crippen LogP contribution in [0.25, 0.3) is 11.5 Å². The van der Waals surface area contributed by atoms with Crippen molar-refractivity contribution in [3.05, 3.63) is 59.6 Å². The number of aromatic nitrogens is 3. The van der Waals surface area contributed by atoms with Gasteiger partial charge in [0, 0.05) is 30.9 Å². The second-order valence-electron chi connectivity index (χ2n) is 8.06. The maximum absolute atomic E-state index is 12.9. The summed E-state index contributed by atoms with van der Waals surface area (Å²) in [7, 11) is 0. The predicted octanol–water partition coefficient (Wildman–Crippen LogP) is 4.97. The highest BCUT2D eigenvalue weighted by molar-refractivity contribution is 5.91. The van der Waals surface area contributed by atoms with E-state index in [1.54, 1.807) is 6.20 Å². The van der Waals surface area contributed by atoms with Gasteiger partial charge >= 0.3 is 6.03 Å². The summed E-state index contributed by atoms with van der Waals surface area (Å²) in [6.45, 7) is 7.61. The van der Waals surface area contributed by atoms with Crippen LogP contribution in [0.1, 0.15) is 55.5 Å². The van der Waals surface area contributed by atoms with Gasteiger partial charge < -0.3 is 14.7 Å². The third kappa shape index (κ3) is 4.20. The summed E-state index contributed by atoms with van der Waals surface area (Å²) in [5.74, 6) is 1.63. The lowest BCUT2D eigenvalue weighted by Crippen LogP contribution is -2.40. The summed E-state index contributed by atoms with van der Waals surface area (Å²) >= 11 is 0. The Hall–Kier alpha value is -3.22. The summed E-state index contributed by atoms with van der Waals surface area (Å²) in [6.07, 6.45) is 3.30. The molecule has 0 radical (unpaired) electrons. The molecule has 1 N–H and O–H groups in total.